The van der Waals surface area contributed by atoms with E-state index in [-0.39, 0.29) is 27.1 Å². The van der Waals surface area contributed by atoms with Crippen LogP contribution in [0.4, 0.5) is 22.7 Å². The highest BCUT2D eigenvalue weighted by atomic mass is 79.9. The van der Waals surface area contributed by atoms with Crippen molar-refractivity contribution in [3.63, 3.8) is 0 Å². The molecule has 1 saturated heterocycles. The summed E-state index contributed by atoms with van der Waals surface area (Å²) in [4.78, 5) is 50.2. The summed E-state index contributed by atoms with van der Waals surface area (Å²) in [5.41, 5.74) is 0.585. The molecule has 0 aromatic heterocycles. The maximum absolute atomic E-state index is 13.3. The summed E-state index contributed by atoms with van der Waals surface area (Å²) >= 11 is 3.21. The van der Waals surface area contributed by atoms with Gasteiger partial charge in [0.1, 0.15) is 5.69 Å². The molecule has 1 fully saturated rings. The minimum Gasteiger partial charge on any atom is -0.444 e. The SMILES string of the molecule is CC1CCCN(c2ccc(C(=O)OC(C(=O)Nc3ccc([N+](=O)[O-])cc3Br)c3ccccc3)cc2[N+](=O)[O-])C1. The van der Waals surface area contributed by atoms with E-state index in [0.29, 0.717) is 30.3 Å². The highest BCUT2D eigenvalue weighted by Gasteiger charge is 2.29. The fraction of sp³-hybridized carbons (Fsp3) is 0.259. The fourth-order valence-electron chi connectivity index (χ4n) is 4.47. The van der Waals surface area contributed by atoms with Crippen LogP contribution in [-0.4, -0.2) is 34.8 Å². The molecule has 3 aromatic carbocycles. The highest BCUT2D eigenvalue weighted by molar-refractivity contribution is 9.10. The molecule has 3 aromatic rings. The van der Waals surface area contributed by atoms with E-state index < -0.39 is 27.8 Å². The van der Waals surface area contributed by atoms with E-state index in [4.69, 9.17) is 4.74 Å². The fourth-order valence-corrected chi connectivity index (χ4v) is 4.93. The topological polar surface area (TPSA) is 145 Å². The molecule has 11 nitrogen and oxygen atoms in total. The molecule has 2 atom stereocenters. The molecule has 1 N–H and O–H groups in total. The van der Waals surface area contributed by atoms with E-state index >= 15 is 0 Å². The number of amides is 1. The van der Waals surface area contributed by atoms with E-state index in [1.165, 1.54) is 30.3 Å². The predicted molar refractivity (Wildman–Crippen MR) is 148 cm³/mol. The lowest BCUT2D eigenvalue weighted by molar-refractivity contribution is -0.384. The number of nitrogens with one attached hydrogen (secondary N) is 1. The number of carbonyl (C=O) groups is 2. The molecule has 1 heterocycles. The van der Waals surface area contributed by atoms with E-state index in [1.54, 1.807) is 36.4 Å². The van der Waals surface area contributed by atoms with Gasteiger partial charge in [-0.1, -0.05) is 37.3 Å². The second-order valence-electron chi connectivity index (χ2n) is 9.26. The molecule has 0 aliphatic carbocycles. The van der Waals surface area contributed by atoms with Crippen molar-refractivity contribution in [1.82, 2.24) is 0 Å². The van der Waals surface area contributed by atoms with Gasteiger partial charge in [0.25, 0.3) is 17.3 Å². The van der Waals surface area contributed by atoms with Crippen LogP contribution in [0.2, 0.25) is 0 Å². The third-order valence-corrected chi connectivity index (χ3v) is 7.05. The van der Waals surface area contributed by atoms with Crippen LogP contribution in [0.15, 0.2) is 71.2 Å². The first-order valence-corrected chi connectivity index (χ1v) is 13.0. The zero-order valence-electron chi connectivity index (χ0n) is 20.9. The van der Waals surface area contributed by atoms with Gasteiger partial charge in [0.15, 0.2) is 0 Å². The first kappa shape index (κ1) is 27.7. The molecule has 0 saturated carbocycles. The monoisotopic (exact) mass is 596 g/mol. The third kappa shape index (κ3) is 6.58. The number of carbonyl (C=O) groups excluding carboxylic acids is 2. The first-order valence-electron chi connectivity index (χ1n) is 12.2. The molecular formula is C27H25BrN4O7. The Bertz CT molecular complexity index is 1420. The summed E-state index contributed by atoms with van der Waals surface area (Å²) in [5.74, 6) is -1.23. The number of halogens is 1. The van der Waals surface area contributed by atoms with Gasteiger partial charge in [-0.15, -0.1) is 0 Å². The van der Waals surface area contributed by atoms with Crippen LogP contribution in [0.1, 0.15) is 41.8 Å². The molecule has 0 bridgehead atoms. The molecule has 0 radical (unpaired) electrons. The Kier molecular flexibility index (Phi) is 8.55. The number of nitro benzene ring substituents is 2. The van der Waals surface area contributed by atoms with Crippen LogP contribution in [0.5, 0.6) is 0 Å². The van der Waals surface area contributed by atoms with Gasteiger partial charge in [0.05, 0.1) is 21.1 Å². The number of piperidine rings is 1. The average molecular weight is 597 g/mol. The number of non-ortho nitro benzene ring substituents is 1. The Morgan fingerprint density at radius 1 is 1.05 bits per heavy atom. The lowest BCUT2D eigenvalue weighted by Crippen LogP contribution is -2.34. The van der Waals surface area contributed by atoms with E-state index in [0.717, 1.165) is 12.8 Å². The molecule has 2 unspecified atom stereocenters. The minimum absolute atomic E-state index is 0.0687. The quantitative estimate of drug-likeness (QED) is 0.188. The number of anilines is 2. The van der Waals surface area contributed by atoms with Crippen LogP contribution in [0.3, 0.4) is 0 Å². The number of nitro groups is 2. The van der Waals surface area contributed by atoms with Gasteiger partial charge in [0, 0.05) is 41.3 Å². The average Bonchev–Trinajstić information content (AvgIpc) is 2.92. The van der Waals surface area contributed by atoms with Gasteiger partial charge in [-0.05, 0) is 52.9 Å². The van der Waals surface area contributed by atoms with Gasteiger partial charge in [-0.25, -0.2) is 4.79 Å². The van der Waals surface area contributed by atoms with Crippen LogP contribution in [-0.2, 0) is 9.53 Å². The Morgan fingerprint density at radius 2 is 1.79 bits per heavy atom. The lowest BCUT2D eigenvalue weighted by atomic mass is 9.99. The van der Waals surface area contributed by atoms with Gasteiger partial charge < -0.3 is 15.0 Å². The summed E-state index contributed by atoms with van der Waals surface area (Å²) in [6, 6.07) is 16.3. The van der Waals surface area contributed by atoms with Crippen molar-refractivity contribution in [2.45, 2.75) is 25.9 Å². The van der Waals surface area contributed by atoms with Crippen molar-refractivity contribution in [2.75, 3.05) is 23.3 Å². The summed E-state index contributed by atoms with van der Waals surface area (Å²) in [5, 5.41) is 25.5. The molecule has 202 valence electrons. The zero-order chi connectivity index (χ0) is 28.1. The maximum Gasteiger partial charge on any atom is 0.339 e. The summed E-state index contributed by atoms with van der Waals surface area (Å²) in [6.07, 6.45) is 0.567. The van der Waals surface area contributed by atoms with Crippen molar-refractivity contribution < 1.29 is 24.2 Å². The third-order valence-electron chi connectivity index (χ3n) is 6.39. The van der Waals surface area contributed by atoms with Crippen molar-refractivity contribution in [1.29, 1.82) is 0 Å². The number of benzene rings is 3. The second-order valence-corrected chi connectivity index (χ2v) is 10.1. The number of esters is 1. The van der Waals surface area contributed by atoms with Crippen molar-refractivity contribution in [3.8, 4) is 0 Å². The first-order chi connectivity index (χ1) is 18.6. The summed E-state index contributed by atoms with van der Waals surface area (Å²) < 4.78 is 5.85. The number of hydrogen-bond acceptors (Lipinski definition) is 8. The Labute approximate surface area is 232 Å². The van der Waals surface area contributed by atoms with Crippen molar-refractivity contribution in [3.05, 3.63) is 103 Å². The molecular weight excluding hydrogens is 572 g/mol. The molecule has 1 aliphatic heterocycles. The van der Waals surface area contributed by atoms with Crippen LogP contribution in [0, 0.1) is 26.1 Å². The minimum atomic E-state index is -1.40. The molecule has 1 amide bonds. The van der Waals surface area contributed by atoms with Gasteiger partial charge in [-0.3, -0.25) is 25.0 Å². The summed E-state index contributed by atoms with van der Waals surface area (Å²) in [7, 11) is 0. The molecule has 4 rings (SSSR count). The van der Waals surface area contributed by atoms with Crippen LogP contribution < -0.4 is 10.2 Å². The Hall–Kier alpha value is -4.32. The van der Waals surface area contributed by atoms with Gasteiger partial charge >= 0.3 is 5.97 Å². The predicted octanol–water partition coefficient (Wildman–Crippen LogP) is 6.04. The van der Waals surface area contributed by atoms with Crippen LogP contribution >= 0.6 is 15.9 Å². The number of ether oxygens (including phenoxy) is 1. The highest BCUT2D eigenvalue weighted by Crippen LogP contribution is 2.34. The lowest BCUT2D eigenvalue weighted by Gasteiger charge is -2.32. The second kappa shape index (κ2) is 12.0. The van der Waals surface area contributed by atoms with E-state index in [9.17, 15) is 29.8 Å². The van der Waals surface area contributed by atoms with Crippen molar-refractivity contribution >= 4 is 50.6 Å². The number of rotatable bonds is 8. The van der Waals surface area contributed by atoms with Crippen molar-refractivity contribution in [2.24, 2.45) is 5.92 Å². The van der Waals surface area contributed by atoms with E-state index in [2.05, 4.69) is 28.2 Å². The Morgan fingerprint density at radius 3 is 2.44 bits per heavy atom. The zero-order valence-corrected chi connectivity index (χ0v) is 22.5. The molecule has 0 spiro atoms. The van der Waals surface area contributed by atoms with Gasteiger partial charge in [0.2, 0.25) is 6.10 Å². The molecule has 12 heteroatoms. The Balaban J connectivity index is 1.60. The number of hydrogen-bond donors (Lipinski definition) is 1. The smallest absolute Gasteiger partial charge is 0.339 e. The largest absolute Gasteiger partial charge is 0.444 e. The van der Waals surface area contributed by atoms with E-state index in [1.807, 2.05) is 4.90 Å². The summed E-state index contributed by atoms with van der Waals surface area (Å²) in [6.45, 7) is 3.45. The standard InChI is InChI=1S/C27H25BrN4O7/c1-17-6-5-13-30(16-17)23-12-9-19(14-24(23)32(37)38)27(34)39-25(18-7-3-2-4-8-18)26(33)29-22-11-10-20(31(35)36)15-21(22)28/h2-4,7-12,14-15,17,25H,5-6,13,16H2,1H3,(H,29,33). The van der Waals surface area contributed by atoms with Crippen LogP contribution in [0.25, 0.3) is 0 Å². The van der Waals surface area contributed by atoms with Gasteiger partial charge in [-0.2, -0.15) is 0 Å². The molecule has 39 heavy (non-hydrogen) atoms. The molecule has 1 aliphatic rings. The normalized spacial score (nSPS) is 15.7. The number of nitrogens with zero attached hydrogens (tertiary/aromatic N) is 3. The maximum atomic E-state index is 13.3.